The molecule has 0 saturated heterocycles. The molecule has 0 unspecified atom stereocenters. The fourth-order valence-electron chi connectivity index (χ4n) is 1.32. The molecular weight excluding hydrogens is 232 g/mol. The first kappa shape index (κ1) is 14.4. The molecule has 4 heteroatoms. The standard InChI is InChI=1S/C14H18O4/c1-4-17-13(16)14(2,3)18-10-12(15)11-8-6-5-7-9-11/h5-9H,4,10H2,1-3H3. The smallest absolute Gasteiger partial charge is 0.337 e. The lowest BCUT2D eigenvalue weighted by atomic mass is 10.1. The number of carbonyl (C=O) groups excluding carboxylic acids is 2. The summed E-state index contributed by atoms with van der Waals surface area (Å²) in [6, 6.07) is 8.82. The molecule has 4 nitrogen and oxygen atoms in total. The third kappa shape index (κ3) is 3.96. The number of benzene rings is 1. The SMILES string of the molecule is CCOC(=O)C(C)(C)OCC(=O)c1ccccc1. The summed E-state index contributed by atoms with van der Waals surface area (Å²) in [6.07, 6.45) is 0. The highest BCUT2D eigenvalue weighted by atomic mass is 16.6. The van der Waals surface area contributed by atoms with Gasteiger partial charge in [-0.1, -0.05) is 30.3 Å². The molecule has 18 heavy (non-hydrogen) atoms. The van der Waals surface area contributed by atoms with Crippen molar-refractivity contribution in [1.29, 1.82) is 0 Å². The zero-order valence-corrected chi connectivity index (χ0v) is 10.9. The second-order valence-electron chi connectivity index (χ2n) is 4.31. The van der Waals surface area contributed by atoms with Gasteiger partial charge in [0.05, 0.1) is 6.61 Å². The van der Waals surface area contributed by atoms with Gasteiger partial charge in [0.15, 0.2) is 11.4 Å². The average molecular weight is 250 g/mol. The quantitative estimate of drug-likeness (QED) is 0.574. The zero-order chi connectivity index (χ0) is 13.6. The summed E-state index contributed by atoms with van der Waals surface area (Å²) in [5.41, 5.74) is -0.544. The van der Waals surface area contributed by atoms with Crippen molar-refractivity contribution in [3.63, 3.8) is 0 Å². The molecule has 0 aliphatic carbocycles. The van der Waals surface area contributed by atoms with Crippen molar-refractivity contribution in [3.05, 3.63) is 35.9 Å². The van der Waals surface area contributed by atoms with Crippen LogP contribution in [0.15, 0.2) is 30.3 Å². The van der Waals surface area contributed by atoms with E-state index in [1.807, 2.05) is 6.07 Å². The van der Waals surface area contributed by atoms with Crippen molar-refractivity contribution < 1.29 is 19.1 Å². The van der Waals surface area contributed by atoms with Gasteiger partial charge in [-0.2, -0.15) is 0 Å². The number of carbonyl (C=O) groups is 2. The number of rotatable bonds is 6. The van der Waals surface area contributed by atoms with E-state index in [1.165, 1.54) is 0 Å². The van der Waals surface area contributed by atoms with E-state index >= 15 is 0 Å². The van der Waals surface area contributed by atoms with Crippen molar-refractivity contribution in [2.75, 3.05) is 13.2 Å². The van der Waals surface area contributed by atoms with E-state index in [0.717, 1.165) is 0 Å². The molecule has 0 radical (unpaired) electrons. The molecule has 1 rings (SSSR count). The van der Waals surface area contributed by atoms with Gasteiger partial charge in [-0.3, -0.25) is 4.79 Å². The molecule has 0 bridgehead atoms. The van der Waals surface area contributed by atoms with Crippen LogP contribution in [-0.4, -0.2) is 30.6 Å². The Morgan fingerprint density at radius 3 is 2.33 bits per heavy atom. The van der Waals surface area contributed by atoms with E-state index in [1.54, 1.807) is 45.0 Å². The Morgan fingerprint density at radius 2 is 1.78 bits per heavy atom. The molecule has 0 fully saturated rings. The first-order chi connectivity index (χ1) is 8.47. The van der Waals surface area contributed by atoms with Crippen molar-refractivity contribution in [2.45, 2.75) is 26.4 Å². The van der Waals surface area contributed by atoms with Crippen LogP contribution in [0.4, 0.5) is 0 Å². The lowest BCUT2D eigenvalue weighted by molar-refractivity contribution is -0.166. The molecule has 0 heterocycles. The summed E-state index contributed by atoms with van der Waals surface area (Å²) in [5.74, 6) is -0.626. The second-order valence-corrected chi connectivity index (χ2v) is 4.31. The predicted octanol–water partition coefficient (Wildman–Crippen LogP) is 2.23. The summed E-state index contributed by atoms with van der Waals surface area (Å²) in [7, 11) is 0. The highest BCUT2D eigenvalue weighted by molar-refractivity contribution is 5.97. The molecule has 1 aromatic carbocycles. The van der Waals surface area contributed by atoms with Crippen LogP contribution in [0.3, 0.4) is 0 Å². The van der Waals surface area contributed by atoms with Crippen molar-refractivity contribution in [3.8, 4) is 0 Å². The largest absolute Gasteiger partial charge is 0.464 e. The summed E-state index contributed by atoms with van der Waals surface area (Å²) < 4.78 is 10.2. The summed E-state index contributed by atoms with van der Waals surface area (Å²) in [6.45, 7) is 5.05. The minimum absolute atomic E-state index is 0.143. The fraction of sp³-hybridized carbons (Fsp3) is 0.429. The molecule has 0 N–H and O–H groups in total. The van der Waals surface area contributed by atoms with Gasteiger partial charge in [-0.25, -0.2) is 4.79 Å². The van der Waals surface area contributed by atoms with Gasteiger partial charge >= 0.3 is 5.97 Å². The predicted molar refractivity (Wildman–Crippen MR) is 67.4 cm³/mol. The van der Waals surface area contributed by atoms with Crippen LogP contribution in [0.1, 0.15) is 31.1 Å². The summed E-state index contributed by atoms with van der Waals surface area (Å²) in [5, 5.41) is 0. The van der Waals surface area contributed by atoms with Gasteiger partial charge in [0.2, 0.25) is 0 Å². The fourth-order valence-corrected chi connectivity index (χ4v) is 1.32. The van der Waals surface area contributed by atoms with Gasteiger partial charge < -0.3 is 9.47 Å². The Morgan fingerprint density at radius 1 is 1.17 bits per heavy atom. The maximum atomic E-state index is 11.8. The van der Waals surface area contributed by atoms with E-state index in [0.29, 0.717) is 5.56 Å². The highest BCUT2D eigenvalue weighted by Gasteiger charge is 2.30. The van der Waals surface area contributed by atoms with Crippen LogP contribution in [-0.2, 0) is 14.3 Å². The zero-order valence-electron chi connectivity index (χ0n) is 10.9. The topological polar surface area (TPSA) is 52.6 Å². The molecule has 0 atom stereocenters. The van der Waals surface area contributed by atoms with Crippen LogP contribution in [0.25, 0.3) is 0 Å². The minimum Gasteiger partial charge on any atom is -0.464 e. The Labute approximate surface area is 107 Å². The average Bonchev–Trinajstić information content (AvgIpc) is 2.37. The number of hydrogen-bond donors (Lipinski definition) is 0. The minimum atomic E-state index is -1.11. The highest BCUT2D eigenvalue weighted by Crippen LogP contribution is 2.12. The van der Waals surface area contributed by atoms with E-state index < -0.39 is 11.6 Å². The molecule has 0 spiro atoms. The molecule has 98 valence electrons. The normalized spacial score (nSPS) is 11.1. The summed E-state index contributed by atoms with van der Waals surface area (Å²) in [4.78, 5) is 23.4. The number of hydrogen-bond acceptors (Lipinski definition) is 4. The van der Waals surface area contributed by atoms with Gasteiger partial charge in [-0.05, 0) is 20.8 Å². The molecule has 0 aliphatic rings. The Balaban J connectivity index is 2.55. The number of esters is 1. The monoisotopic (exact) mass is 250 g/mol. The molecule has 0 aliphatic heterocycles. The van der Waals surface area contributed by atoms with Crippen LogP contribution < -0.4 is 0 Å². The van der Waals surface area contributed by atoms with Gasteiger partial charge in [-0.15, -0.1) is 0 Å². The van der Waals surface area contributed by atoms with Crippen LogP contribution in [0.5, 0.6) is 0 Å². The van der Waals surface area contributed by atoms with Gasteiger partial charge in [0.1, 0.15) is 6.61 Å². The van der Waals surface area contributed by atoms with E-state index in [-0.39, 0.29) is 19.0 Å². The first-order valence-electron chi connectivity index (χ1n) is 5.87. The Bertz CT molecular complexity index is 409. The third-order valence-corrected chi connectivity index (χ3v) is 2.43. The lowest BCUT2D eigenvalue weighted by Gasteiger charge is -2.22. The van der Waals surface area contributed by atoms with Crippen molar-refractivity contribution in [1.82, 2.24) is 0 Å². The first-order valence-corrected chi connectivity index (χ1v) is 5.87. The number of ketones is 1. The van der Waals surface area contributed by atoms with Gasteiger partial charge in [0.25, 0.3) is 0 Å². The molecule has 0 aromatic heterocycles. The van der Waals surface area contributed by atoms with Crippen LogP contribution in [0.2, 0.25) is 0 Å². The van der Waals surface area contributed by atoms with E-state index in [4.69, 9.17) is 9.47 Å². The molecule has 0 saturated carbocycles. The van der Waals surface area contributed by atoms with Crippen molar-refractivity contribution >= 4 is 11.8 Å². The molecule has 1 aromatic rings. The maximum absolute atomic E-state index is 11.8. The van der Waals surface area contributed by atoms with Crippen molar-refractivity contribution in [2.24, 2.45) is 0 Å². The number of Topliss-reactive ketones (excluding diaryl/α,β-unsaturated/α-hetero) is 1. The molecular formula is C14H18O4. The van der Waals surface area contributed by atoms with E-state index in [2.05, 4.69) is 0 Å². The second kappa shape index (κ2) is 6.31. The lowest BCUT2D eigenvalue weighted by Crippen LogP contribution is -2.38. The third-order valence-electron chi connectivity index (χ3n) is 2.43. The van der Waals surface area contributed by atoms with E-state index in [9.17, 15) is 9.59 Å². The Hall–Kier alpha value is -1.68. The Kier molecular flexibility index (Phi) is 5.04. The van der Waals surface area contributed by atoms with Crippen LogP contribution in [0, 0.1) is 0 Å². The molecule has 0 amide bonds. The number of ether oxygens (including phenoxy) is 2. The maximum Gasteiger partial charge on any atom is 0.337 e. The van der Waals surface area contributed by atoms with Gasteiger partial charge in [0, 0.05) is 5.56 Å². The van der Waals surface area contributed by atoms with Crippen LogP contribution >= 0.6 is 0 Å². The summed E-state index contributed by atoms with van der Waals surface area (Å²) >= 11 is 0.